The van der Waals surface area contributed by atoms with Crippen molar-refractivity contribution in [2.24, 2.45) is 11.3 Å². The molecule has 1 aliphatic carbocycles. The molecular weight excluding hydrogens is 352 g/mol. The van der Waals surface area contributed by atoms with E-state index in [9.17, 15) is 14.4 Å². The molecule has 0 N–H and O–H groups in total. The zero-order valence-electron chi connectivity index (χ0n) is 14.6. The lowest BCUT2D eigenvalue weighted by Crippen LogP contribution is -2.34. The first-order chi connectivity index (χ1) is 12.6. The summed E-state index contributed by atoms with van der Waals surface area (Å²) in [5.41, 5.74) is -0.863. The lowest BCUT2D eigenvalue weighted by atomic mass is 9.98. The third kappa shape index (κ3) is 2.84. The summed E-state index contributed by atoms with van der Waals surface area (Å²) in [6, 6.07) is 12.6. The van der Waals surface area contributed by atoms with Crippen LogP contribution in [0.1, 0.15) is 35.0 Å². The van der Waals surface area contributed by atoms with Crippen molar-refractivity contribution in [3.05, 3.63) is 58.3 Å². The Bertz CT molecular complexity index is 779. The fraction of sp³-hybridized carbons (Fsp3) is 0.350. The number of ether oxygens (including phenoxy) is 2. The van der Waals surface area contributed by atoms with Gasteiger partial charge in [0.25, 0.3) is 0 Å². The van der Waals surface area contributed by atoms with Crippen LogP contribution in [0.5, 0.6) is 0 Å². The van der Waals surface area contributed by atoms with E-state index in [4.69, 9.17) is 9.47 Å². The molecule has 136 valence electrons. The van der Waals surface area contributed by atoms with Gasteiger partial charge in [0.1, 0.15) is 0 Å². The van der Waals surface area contributed by atoms with Gasteiger partial charge < -0.3 is 9.47 Å². The molecule has 5 nitrogen and oxygen atoms in total. The van der Waals surface area contributed by atoms with Crippen LogP contribution in [0, 0.1) is 11.3 Å². The average Bonchev–Trinajstić information content (AvgIpc) is 3.05. The Morgan fingerprint density at radius 2 is 1.58 bits per heavy atom. The highest BCUT2D eigenvalue weighted by Crippen LogP contribution is 2.67. The number of thiophene rings is 1. The van der Waals surface area contributed by atoms with Crippen LogP contribution in [0.15, 0.2) is 47.8 Å². The summed E-state index contributed by atoms with van der Waals surface area (Å²) in [4.78, 5) is 39.3. The number of esters is 2. The minimum absolute atomic E-state index is 0.126. The van der Waals surface area contributed by atoms with Gasteiger partial charge in [-0.2, -0.15) is 0 Å². The molecule has 3 rings (SSSR count). The van der Waals surface area contributed by atoms with Gasteiger partial charge in [0, 0.05) is 5.92 Å². The third-order valence-corrected chi connectivity index (χ3v) is 5.52. The Hall–Kier alpha value is -2.47. The summed E-state index contributed by atoms with van der Waals surface area (Å²) in [6.07, 6.45) is 0. The van der Waals surface area contributed by atoms with E-state index in [2.05, 4.69) is 0 Å². The van der Waals surface area contributed by atoms with Crippen LogP contribution in [0.25, 0.3) is 0 Å². The van der Waals surface area contributed by atoms with Gasteiger partial charge in [0.2, 0.25) is 0 Å². The van der Waals surface area contributed by atoms with Crippen molar-refractivity contribution in [1.82, 2.24) is 0 Å². The van der Waals surface area contributed by atoms with Gasteiger partial charge in [0.15, 0.2) is 11.2 Å². The Balaban J connectivity index is 2.09. The van der Waals surface area contributed by atoms with Gasteiger partial charge >= 0.3 is 11.9 Å². The van der Waals surface area contributed by atoms with Gasteiger partial charge in [-0.3, -0.25) is 14.4 Å². The fourth-order valence-electron chi connectivity index (χ4n) is 3.53. The van der Waals surface area contributed by atoms with Crippen LogP contribution >= 0.6 is 11.3 Å². The molecule has 1 aromatic carbocycles. The predicted octanol–water partition coefficient (Wildman–Crippen LogP) is 3.46. The van der Waals surface area contributed by atoms with Crippen molar-refractivity contribution in [2.45, 2.75) is 19.8 Å². The Kier molecular flexibility index (Phi) is 5.23. The Labute approximate surface area is 155 Å². The largest absolute Gasteiger partial charge is 0.465 e. The van der Waals surface area contributed by atoms with E-state index in [1.54, 1.807) is 31.4 Å². The van der Waals surface area contributed by atoms with Crippen LogP contribution in [-0.4, -0.2) is 30.9 Å². The molecule has 1 fully saturated rings. The minimum Gasteiger partial charge on any atom is -0.465 e. The third-order valence-electron chi connectivity index (χ3n) is 4.64. The first kappa shape index (κ1) is 18.3. The summed E-state index contributed by atoms with van der Waals surface area (Å²) in [5, 5.41) is 1.80. The van der Waals surface area contributed by atoms with Crippen molar-refractivity contribution in [3.63, 3.8) is 0 Å². The van der Waals surface area contributed by atoms with Crippen molar-refractivity contribution in [2.75, 3.05) is 13.2 Å². The summed E-state index contributed by atoms with van der Waals surface area (Å²) in [7, 11) is 0. The molecule has 0 saturated heterocycles. The predicted molar refractivity (Wildman–Crippen MR) is 97.0 cm³/mol. The molecule has 0 spiro atoms. The molecule has 1 heterocycles. The number of rotatable bonds is 7. The molecule has 0 bridgehead atoms. The van der Waals surface area contributed by atoms with Crippen LogP contribution in [0.3, 0.4) is 0 Å². The number of carbonyl (C=O) groups is 3. The van der Waals surface area contributed by atoms with Crippen molar-refractivity contribution >= 4 is 29.1 Å². The lowest BCUT2D eigenvalue weighted by molar-refractivity contribution is -0.165. The molecule has 1 aromatic heterocycles. The van der Waals surface area contributed by atoms with Gasteiger partial charge in [-0.15, -0.1) is 11.3 Å². The molecule has 2 aromatic rings. The van der Waals surface area contributed by atoms with Gasteiger partial charge in [0.05, 0.1) is 24.0 Å². The Morgan fingerprint density at radius 3 is 2.08 bits per heavy atom. The Morgan fingerprint density at radius 1 is 0.962 bits per heavy atom. The van der Waals surface area contributed by atoms with Crippen LogP contribution in [0.4, 0.5) is 0 Å². The molecule has 2 atom stereocenters. The summed E-state index contributed by atoms with van der Waals surface area (Å²) < 4.78 is 10.4. The molecule has 0 aliphatic heterocycles. The number of benzene rings is 1. The van der Waals surface area contributed by atoms with E-state index in [0.29, 0.717) is 4.88 Å². The van der Waals surface area contributed by atoms with E-state index in [1.807, 2.05) is 30.3 Å². The maximum absolute atomic E-state index is 13.1. The maximum Gasteiger partial charge on any atom is 0.324 e. The number of hydrogen-bond donors (Lipinski definition) is 0. The quantitative estimate of drug-likeness (QED) is 0.423. The molecule has 6 heteroatoms. The van der Waals surface area contributed by atoms with Crippen LogP contribution in [0.2, 0.25) is 0 Å². The molecule has 1 saturated carbocycles. The SMILES string of the molecule is CCOC(=O)C1(C(=O)OCC)[C@H](C(=O)c2cccs2)[C@H]1c1ccccc1. The number of hydrogen-bond acceptors (Lipinski definition) is 6. The highest BCUT2D eigenvalue weighted by molar-refractivity contribution is 7.12. The van der Waals surface area contributed by atoms with Crippen LogP contribution < -0.4 is 0 Å². The smallest absolute Gasteiger partial charge is 0.324 e. The van der Waals surface area contributed by atoms with Crippen molar-refractivity contribution in [3.8, 4) is 0 Å². The second-order valence-corrected chi connectivity index (χ2v) is 6.97. The van der Waals surface area contributed by atoms with Gasteiger partial charge in [-0.1, -0.05) is 36.4 Å². The topological polar surface area (TPSA) is 69.7 Å². The summed E-state index contributed by atoms with van der Waals surface area (Å²) in [5.74, 6) is -3.02. The number of ketones is 1. The van der Waals surface area contributed by atoms with E-state index in [0.717, 1.165) is 5.56 Å². The maximum atomic E-state index is 13.1. The fourth-order valence-corrected chi connectivity index (χ4v) is 4.23. The zero-order valence-corrected chi connectivity index (χ0v) is 15.5. The zero-order chi connectivity index (χ0) is 18.7. The second-order valence-electron chi connectivity index (χ2n) is 6.02. The van der Waals surface area contributed by atoms with E-state index in [-0.39, 0.29) is 19.0 Å². The number of carbonyl (C=O) groups excluding carboxylic acids is 3. The van der Waals surface area contributed by atoms with Crippen molar-refractivity contribution < 1.29 is 23.9 Å². The first-order valence-corrected chi connectivity index (χ1v) is 9.44. The lowest BCUT2D eigenvalue weighted by Gasteiger charge is -2.15. The van der Waals surface area contributed by atoms with Crippen LogP contribution in [-0.2, 0) is 19.1 Å². The first-order valence-electron chi connectivity index (χ1n) is 8.56. The van der Waals surface area contributed by atoms with E-state index < -0.39 is 29.2 Å². The van der Waals surface area contributed by atoms with E-state index >= 15 is 0 Å². The molecule has 0 radical (unpaired) electrons. The highest BCUT2D eigenvalue weighted by Gasteiger charge is 2.79. The highest BCUT2D eigenvalue weighted by atomic mass is 32.1. The monoisotopic (exact) mass is 372 g/mol. The van der Waals surface area contributed by atoms with E-state index in [1.165, 1.54) is 11.3 Å². The second kappa shape index (κ2) is 7.41. The molecule has 1 aliphatic rings. The summed E-state index contributed by atoms with van der Waals surface area (Å²) >= 11 is 1.29. The molecule has 0 amide bonds. The molecule has 0 unspecified atom stereocenters. The molecular formula is C20H20O5S. The van der Waals surface area contributed by atoms with Crippen molar-refractivity contribution in [1.29, 1.82) is 0 Å². The summed E-state index contributed by atoms with van der Waals surface area (Å²) in [6.45, 7) is 3.60. The minimum atomic E-state index is -1.62. The molecule has 26 heavy (non-hydrogen) atoms. The number of Topliss-reactive ketones (excluding diaryl/α,β-unsaturated/α-hetero) is 1. The van der Waals surface area contributed by atoms with Gasteiger partial charge in [-0.25, -0.2) is 0 Å². The van der Waals surface area contributed by atoms with Gasteiger partial charge in [-0.05, 0) is 30.9 Å². The average molecular weight is 372 g/mol. The normalized spacial score (nSPS) is 20.2. The standard InChI is InChI=1S/C20H20O5S/c1-3-24-18(22)20(19(23)25-4-2)15(13-9-6-5-7-10-13)16(20)17(21)14-11-8-12-26-14/h5-12,15-16H,3-4H2,1-2H3/t15-,16+/m1/s1.